The quantitative estimate of drug-likeness (QED) is 0.903. The molecule has 5 heteroatoms. The number of β-amino-alcohol motifs (C(OH)–C–C–N with tert-alkyl or cyclic N) is 1. The molecule has 134 valence electrons. The van der Waals surface area contributed by atoms with E-state index in [1.807, 2.05) is 19.1 Å². The van der Waals surface area contributed by atoms with E-state index in [-0.39, 0.29) is 5.82 Å². The first-order chi connectivity index (χ1) is 12.0. The molecule has 1 aliphatic rings. The minimum atomic E-state index is -0.637. The zero-order chi connectivity index (χ0) is 18.0. The van der Waals surface area contributed by atoms with Gasteiger partial charge in [0.1, 0.15) is 5.82 Å². The fourth-order valence-corrected chi connectivity index (χ4v) is 3.45. The summed E-state index contributed by atoms with van der Waals surface area (Å²) in [5.41, 5.74) is 3.99. The summed E-state index contributed by atoms with van der Waals surface area (Å²) in [6.45, 7) is 3.94. The van der Waals surface area contributed by atoms with E-state index < -0.39 is 6.10 Å². The molecule has 0 amide bonds. The predicted molar refractivity (Wildman–Crippen MR) is 94.6 cm³/mol. The van der Waals surface area contributed by atoms with Gasteiger partial charge in [0.05, 0.1) is 20.3 Å². The van der Waals surface area contributed by atoms with E-state index in [4.69, 9.17) is 9.47 Å². The van der Waals surface area contributed by atoms with Gasteiger partial charge in [0.2, 0.25) is 0 Å². The summed E-state index contributed by atoms with van der Waals surface area (Å²) in [7, 11) is 3.27. The Hall–Kier alpha value is -2.11. The minimum Gasteiger partial charge on any atom is -0.493 e. The lowest BCUT2D eigenvalue weighted by molar-refractivity contribution is 0.105. The van der Waals surface area contributed by atoms with Crippen LogP contribution in [-0.2, 0) is 13.0 Å². The monoisotopic (exact) mass is 345 g/mol. The van der Waals surface area contributed by atoms with Gasteiger partial charge < -0.3 is 14.6 Å². The Morgan fingerprint density at radius 2 is 1.80 bits per heavy atom. The predicted octanol–water partition coefficient (Wildman–Crippen LogP) is 3.24. The number of halogens is 1. The number of aliphatic hydroxyl groups excluding tert-OH is 1. The molecule has 0 saturated carbocycles. The van der Waals surface area contributed by atoms with Crippen LogP contribution in [0.5, 0.6) is 11.5 Å². The number of hydrogen-bond acceptors (Lipinski definition) is 4. The fraction of sp³-hybridized carbons (Fsp3) is 0.400. The largest absolute Gasteiger partial charge is 0.493 e. The smallest absolute Gasteiger partial charge is 0.161 e. The third-order valence-electron chi connectivity index (χ3n) is 4.82. The Labute approximate surface area is 147 Å². The summed E-state index contributed by atoms with van der Waals surface area (Å²) >= 11 is 0. The number of fused-ring (bicyclic) bond motifs is 1. The maximum absolute atomic E-state index is 13.3. The van der Waals surface area contributed by atoms with Crippen molar-refractivity contribution in [1.82, 2.24) is 4.90 Å². The van der Waals surface area contributed by atoms with Gasteiger partial charge in [-0.05, 0) is 59.9 Å². The highest BCUT2D eigenvalue weighted by molar-refractivity contribution is 5.48. The second-order valence-electron chi connectivity index (χ2n) is 6.48. The van der Waals surface area contributed by atoms with Crippen molar-refractivity contribution in [3.8, 4) is 11.5 Å². The third kappa shape index (κ3) is 3.78. The molecule has 25 heavy (non-hydrogen) atoms. The molecular weight excluding hydrogens is 321 g/mol. The van der Waals surface area contributed by atoms with Gasteiger partial charge in [-0.2, -0.15) is 0 Å². The minimum absolute atomic E-state index is 0.276. The first-order valence-electron chi connectivity index (χ1n) is 8.42. The number of aryl methyl sites for hydroxylation is 1. The lowest BCUT2D eigenvalue weighted by atomic mass is 9.97. The van der Waals surface area contributed by atoms with Crippen molar-refractivity contribution < 1.29 is 19.0 Å². The van der Waals surface area contributed by atoms with Crippen LogP contribution in [-0.4, -0.2) is 37.3 Å². The van der Waals surface area contributed by atoms with Crippen molar-refractivity contribution in [1.29, 1.82) is 0 Å². The number of rotatable bonds is 5. The summed E-state index contributed by atoms with van der Waals surface area (Å²) in [4.78, 5) is 2.21. The summed E-state index contributed by atoms with van der Waals surface area (Å²) in [6, 6.07) is 8.57. The Morgan fingerprint density at radius 3 is 2.44 bits per heavy atom. The maximum atomic E-state index is 13.3. The number of aliphatic hydroxyl groups is 1. The Kier molecular flexibility index (Phi) is 5.25. The molecule has 4 nitrogen and oxygen atoms in total. The molecule has 2 aromatic carbocycles. The fourth-order valence-electron chi connectivity index (χ4n) is 3.45. The lowest BCUT2D eigenvalue weighted by Crippen LogP contribution is -2.34. The van der Waals surface area contributed by atoms with Crippen molar-refractivity contribution in [3.05, 3.63) is 58.4 Å². The molecule has 2 aromatic rings. The SMILES string of the molecule is COc1cc2c(cc1OC)CN(CC(O)c1ccc(F)cc1C)CC2. The zero-order valence-corrected chi connectivity index (χ0v) is 14.9. The lowest BCUT2D eigenvalue weighted by Gasteiger charge is -2.31. The van der Waals surface area contributed by atoms with Gasteiger partial charge in [0.15, 0.2) is 11.5 Å². The van der Waals surface area contributed by atoms with Gasteiger partial charge in [-0.1, -0.05) is 6.07 Å². The molecule has 0 radical (unpaired) electrons. The topological polar surface area (TPSA) is 41.9 Å². The van der Waals surface area contributed by atoms with E-state index in [2.05, 4.69) is 4.90 Å². The number of benzene rings is 2. The van der Waals surface area contributed by atoms with Gasteiger partial charge in [-0.15, -0.1) is 0 Å². The third-order valence-corrected chi connectivity index (χ3v) is 4.82. The van der Waals surface area contributed by atoms with Crippen LogP contribution in [0.1, 0.15) is 28.4 Å². The first kappa shape index (κ1) is 17.7. The Balaban J connectivity index is 1.74. The van der Waals surface area contributed by atoms with Crippen LogP contribution in [0.25, 0.3) is 0 Å². The molecule has 0 aliphatic carbocycles. The van der Waals surface area contributed by atoms with Crippen molar-refractivity contribution in [2.24, 2.45) is 0 Å². The van der Waals surface area contributed by atoms with Gasteiger partial charge in [0.25, 0.3) is 0 Å². The molecule has 1 heterocycles. The van der Waals surface area contributed by atoms with Crippen LogP contribution in [0.3, 0.4) is 0 Å². The molecule has 1 aliphatic heterocycles. The second kappa shape index (κ2) is 7.42. The number of methoxy groups -OCH3 is 2. The van der Waals surface area contributed by atoms with Crippen molar-refractivity contribution in [2.45, 2.75) is 26.0 Å². The number of nitrogens with zero attached hydrogens (tertiary/aromatic N) is 1. The van der Waals surface area contributed by atoms with Crippen LogP contribution in [0.15, 0.2) is 30.3 Å². The highest BCUT2D eigenvalue weighted by Crippen LogP contribution is 2.33. The molecule has 0 fully saturated rings. The van der Waals surface area contributed by atoms with Gasteiger partial charge in [-0.3, -0.25) is 4.90 Å². The van der Waals surface area contributed by atoms with Crippen LogP contribution in [0.2, 0.25) is 0 Å². The Bertz CT molecular complexity index is 763. The Morgan fingerprint density at radius 1 is 1.12 bits per heavy atom. The van der Waals surface area contributed by atoms with Crippen LogP contribution < -0.4 is 9.47 Å². The highest BCUT2D eigenvalue weighted by atomic mass is 19.1. The number of hydrogen-bond donors (Lipinski definition) is 1. The molecule has 0 saturated heterocycles. The molecule has 1 atom stereocenters. The summed E-state index contributed by atoms with van der Waals surface area (Å²) < 4.78 is 24.0. The second-order valence-corrected chi connectivity index (χ2v) is 6.48. The van der Waals surface area contributed by atoms with E-state index in [0.717, 1.165) is 42.1 Å². The van der Waals surface area contributed by atoms with E-state index >= 15 is 0 Å². The van der Waals surface area contributed by atoms with Crippen molar-refractivity contribution >= 4 is 0 Å². The highest BCUT2D eigenvalue weighted by Gasteiger charge is 2.22. The van der Waals surface area contributed by atoms with Gasteiger partial charge >= 0.3 is 0 Å². The average molecular weight is 345 g/mol. The van der Waals surface area contributed by atoms with E-state index in [0.29, 0.717) is 6.54 Å². The first-order valence-corrected chi connectivity index (χ1v) is 8.42. The van der Waals surface area contributed by atoms with Crippen LogP contribution >= 0.6 is 0 Å². The molecule has 1 N–H and O–H groups in total. The molecule has 3 rings (SSSR count). The van der Waals surface area contributed by atoms with Crippen molar-refractivity contribution in [3.63, 3.8) is 0 Å². The van der Waals surface area contributed by atoms with Crippen LogP contribution in [0, 0.1) is 12.7 Å². The summed E-state index contributed by atoms with van der Waals surface area (Å²) in [6.07, 6.45) is 0.257. The van der Waals surface area contributed by atoms with Gasteiger partial charge in [-0.25, -0.2) is 4.39 Å². The summed E-state index contributed by atoms with van der Waals surface area (Å²) in [5.74, 6) is 1.19. The average Bonchev–Trinajstić information content (AvgIpc) is 2.60. The van der Waals surface area contributed by atoms with E-state index in [1.165, 1.54) is 23.3 Å². The molecule has 0 bridgehead atoms. The zero-order valence-electron chi connectivity index (χ0n) is 14.9. The van der Waals surface area contributed by atoms with Gasteiger partial charge in [0, 0.05) is 19.6 Å². The standard InChI is InChI=1S/C20H24FNO3/c1-13-8-16(21)4-5-17(13)18(23)12-22-7-6-14-9-19(24-2)20(25-3)10-15(14)11-22/h4-5,8-10,18,23H,6-7,11-12H2,1-3H3. The molecule has 0 aromatic heterocycles. The molecular formula is C20H24FNO3. The normalized spacial score (nSPS) is 15.6. The van der Waals surface area contributed by atoms with Crippen LogP contribution in [0.4, 0.5) is 4.39 Å². The van der Waals surface area contributed by atoms with Crippen molar-refractivity contribution in [2.75, 3.05) is 27.3 Å². The summed E-state index contributed by atoms with van der Waals surface area (Å²) in [5, 5.41) is 10.6. The maximum Gasteiger partial charge on any atom is 0.161 e. The molecule has 0 spiro atoms. The molecule has 1 unspecified atom stereocenters. The number of ether oxygens (including phenoxy) is 2. The van der Waals surface area contributed by atoms with E-state index in [9.17, 15) is 9.50 Å². The van der Waals surface area contributed by atoms with E-state index in [1.54, 1.807) is 20.3 Å².